The van der Waals surface area contributed by atoms with Crippen LogP contribution in [-0.4, -0.2) is 33.5 Å². The van der Waals surface area contributed by atoms with E-state index in [1.807, 2.05) is 12.1 Å². The number of thiophene rings is 1. The lowest BCUT2D eigenvalue weighted by molar-refractivity contribution is 0.0288. The molecule has 0 amide bonds. The molecule has 0 aliphatic carbocycles. The highest BCUT2D eigenvalue weighted by atomic mass is 32.1. The van der Waals surface area contributed by atoms with Gasteiger partial charge in [-0.2, -0.15) is 5.26 Å². The molecule has 1 aromatic rings. The van der Waals surface area contributed by atoms with Crippen LogP contribution in [0, 0.1) is 11.3 Å². The zero-order chi connectivity index (χ0) is 11.8. The Morgan fingerprint density at radius 3 is 2.88 bits per heavy atom. The number of nitrogens with one attached hydrogen (secondary N) is 1. The van der Waals surface area contributed by atoms with E-state index in [0.717, 1.165) is 22.8 Å². The predicted octanol–water partition coefficient (Wildman–Crippen LogP) is 1.37. The van der Waals surface area contributed by atoms with Crippen LogP contribution in [0.25, 0.3) is 0 Å². The first-order valence-corrected chi connectivity index (χ1v) is 5.83. The van der Waals surface area contributed by atoms with Crippen LogP contribution in [0.3, 0.4) is 0 Å². The minimum absolute atomic E-state index is 0.0698. The minimum Gasteiger partial charge on any atom is -0.382 e. The van der Waals surface area contributed by atoms with Crippen LogP contribution in [0.4, 0.5) is 0 Å². The van der Waals surface area contributed by atoms with Gasteiger partial charge in [0, 0.05) is 32.2 Å². The van der Waals surface area contributed by atoms with Crippen LogP contribution in [0.2, 0.25) is 0 Å². The Morgan fingerprint density at radius 1 is 1.50 bits per heavy atom. The molecule has 0 fully saturated rings. The molecule has 0 spiro atoms. The molecule has 0 saturated carbocycles. The smallest absolute Gasteiger partial charge is 0.110 e. The van der Waals surface area contributed by atoms with Crippen molar-refractivity contribution in [1.82, 2.24) is 5.32 Å². The summed E-state index contributed by atoms with van der Waals surface area (Å²) in [5.41, 5.74) is 0. The van der Waals surface area contributed by atoms with Crippen molar-refractivity contribution in [3.05, 3.63) is 21.9 Å². The van der Waals surface area contributed by atoms with E-state index in [1.54, 1.807) is 14.2 Å². The molecule has 0 aromatic carbocycles. The van der Waals surface area contributed by atoms with Gasteiger partial charge in [0.1, 0.15) is 10.9 Å². The van der Waals surface area contributed by atoms with Crippen LogP contribution < -0.4 is 5.32 Å². The first kappa shape index (κ1) is 13.1. The largest absolute Gasteiger partial charge is 0.382 e. The SMILES string of the molecule is COCC(CNCc1ccc(C#N)s1)OC. The number of rotatable bonds is 7. The predicted molar refractivity (Wildman–Crippen MR) is 63.4 cm³/mol. The molecule has 1 N–H and O–H groups in total. The van der Waals surface area contributed by atoms with Crippen molar-refractivity contribution in [2.24, 2.45) is 0 Å². The van der Waals surface area contributed by atoms with E-state index in [9.17, 15) is 0 Å². The zero-order valence-corrected chi connectivity index (χ0v) is 10.3. The molecule has 0 saturated heterocycles. The summed E-state index contributed by atoms with van der Waals surface area (Å²) in [5.74, 6) is 0. The summed E-state index contributed by atoms with van der Waals surface area (Å²) < 4.78 is 10.2. The highest BCUT2D eigenvalue weighted by molar-refractivity contribution is 7.12. The Labute approximate surface area is 99.8 Å². The molecule has 88 valence electrons. The van der Waals surface area contributed by atoms with Crippen LogP contribution in [0.5, 0.6) is 0 Å². The molecule has 5 heteroatoms. The summed E-state index contributed by atoms with van der Waals surface area (Å²) in [4.78, 5) is 1.90. The van der Waals surface area contributed by atoms with Crippen molar-refractivity contribution < 1.29 is 9.47 Å². The molecule has 1 unspecified atom stereocenters. The topological polar surface area (TPSA) is 54.3 Å². The van der Waals surface area contributed by atoms with Gasteiger partial charge in [0.2, 0.25) is 0 Å². The van der Waals surface area contributed by atoms with Crippen LogP contribution in [0.15, 0.2) is 12.1 Å². The lowest BCUT2D eigenvalue weighted by Gasteiger charge is -2.14. The third-order valence-corrected chi connectivity index (χ3v) is 3.12. The third kappa shape index (κ3) is 4.29. The van der Waals surface area contributed by atoms with Gasteiger partial charge >= 0.3 is 0 Å². The summed E-state index contributed by atoms with van der Waals surface area (Å²) >= 11 is 1.51. The first-order chi connectivity index (χ1) is 7.80. The van der Waals surface area contributed by atoms with Gasteiger partial charge in [0.15, 0.2) is 0 Å². The van der Waals surface area contributed by atoms with E-state index in [4.69, 9.17) is 14.7 Å². The van der Waals surface area contributed by atoms with Crippen LogP contribution in [-0.2, 0) is 16.0 Å². The molecule has 1 heterocycles. The number of ether oxygens (including phenoxy) is 2. The first-order valence-electron chi connectivity index (χ1n) is 5.01. The normalized spacial score (nSPS) is 12.3. The minimum atomic E-state index is 0.0698. The summed E-state index contributed by atoms with van der Waals surface area (Å²) in [7, 11) is 3.33. The van der Waals surface area contributed by atoms with Gasteiger partial charge in [-0.25, -0.2) is 0 Å². The molecule has 0 aliphatic rings. The molecular weight excluding hydrogens is 224 g/mol. The van der Waals surface area contributed by atoms with Gasteiger partial charge in [0.25, 0.3) is 0 Å². The van der Waals surface area contributed by atoms with Gasteiger partial charge in [-0.3, -0.25) is 0 Å². The maximum Gasteiger partial charge on any atom is 0.110 e. The van der Waals surface area contributed by atoms with E-state index in [1.165, 1.54) is 11.3 Å². The lowest BCUT2D eigenvalue weighted by Crippen LogP contribution is -2.31. The molecule has 1 aromatic heterocycles. The van der Waals surface area contributed by atoms with Gasteiger partial charge in [-0.05, 0) is 12.1 Å². The van der Waals surface area contributed by atoms with Crippen molar-refractivity contribution in [2.75, 3.05) is 27.4 Å². The van der Waals surface area contributed by atoms with Gasteiger partial charge in [-0.1, -0.05) is 0 Å². The molecule has 0 bridgehead atoms. The fourth-order valence-corrected chi connectivity index (χ4v) is 2.06. The average molecular weight is 240 g/mol. The Bertz CT molecular complexity index is 346. The van der Waals surface area contributed by atoms with E-state index in [2.05, 4.69) is 11.4 Å². The van der Waals surface area contributed by atoms with Gasteiger partial charge < -0.3 is 14.8 Å². The van der Waals surface area contributed by atoms with Crippen LogP contribution >= 0.6 is 11.3 Å². The lowest BCUT2D eigenvalue weighted by atomic mass is 10.3. The van der Waals surface area contributed by atoms with Gasteiger partial charge in [-0.15, -0.1) is 11.3 Å². The number of methoxy groups -OCH3 is 2. The highest BCUT2D eigenvalue weighted by Crippen LogP contribution is 2.14. The van der Waals surface area contributed by atoms with E-state index >= 15 is 0 Å². The summed E-state index contributed by atoms with van der Waals surface area (Å²) in [5, 5.41) is 11.9. The van der Waals surface area contributed by atoms with Crippen molar-refractivity contribution in [3.63, 3.8) is 0 Å². The maximum absolute atomic E-state index is 8.68. The Balaban J connectivity index is 2.27. The molecule has 16 heavy (non-hydrogen) atoms. The molecule has 4 nitrogen and oxygen atoms in total. The monoisotopic (exact) mass is 240 g/mol. The second kappa shape index (κ2) is 7.36. The number of nitriles is 1. The average Bonchev–Trinajstić information content (AvgIpc) is 2.76. The second-order valence-electron chi connectivity index (χ2n) is 3.32. The summed E-state index contributed by atoms with van der Waals surface area (Å²) in [6.07, 6.45) is 0.0698. The van der Waals surface area contributed by atoms with Crippen molar-refractivity contribution in [3.8, 4) is 6.07 Å². The third-order valence-electron chi connectivity index (χ3n) is 2.13. The molecular formula is C11H16N2O2S. The molecule has 0 radical (unpaired) electrons. The Morgan fingerprint density at radius 2 is 2.31 bits per heavy atom. The van der Waals surface area contributed by atoms with Crippen LogP contribution in [0.1, 0.15) is 9.75 Å². The van der Waals surface area contributed by atoms with Crippen molar-refractivity contribution >= 4 is 11.3 Å². The van der Waals surface area contributed by atoms with Crippen molar-refractivity contribution in [1.29, 1.82) is 5.26 Å². The molecule has 1 atom stereocenters. The fraction of sp³-hybridized carbons (Fsp3) is 0.545. The number of hydrogen-bond acceptors (Lipinski definition) is 5. The second-order valence-corrected chi connectivity index (χ2v) is 4.49. The number of nitrogens with zero attached hydrogens (tertiary/aromatic N) is 1. The maximum atomic E-state index is 8.68. The standard InChI is InChI=1S/C11H16N2O2S/c1-14-8-9(15-2)6-13-7-11-4-3-10(5-12)16-11/h3-4,9,13H,6-8H2,1-2H3. The Kier molecular flexibility index (Phi) is 6.04. The fourth-order valence-electron chi connectivity index (χ4n) is 1.29. The Hall–Kier alpha value is -0.930. The summed E-state index contributed by atoms with van der Waals surface area (Å²) in [6, 6.07) is 5.93. The summed E-state index contributed by atoms with van der Waals surface area (Å²) in [6.45, 7) is 2.08. The highest BCUT2D eigenvalue weighted by Gasteiger charge is 2.06. The quantitative estimate of drug-likeness (QED) is 0.782. The zero-order valence-electron chi connectivity index (χ0n) is 9.53. The van der Waals surface area contributed by atoms with E-state index < -0.39 is 0 Å². The van der Waals surface area contributed by atoms with Crippen molar-refractivity contribution in [2.45, 2.75) is 12.6 Å². The molecule has 0 aliphatic heterocycles. The van der Waals surface area contributed by atoms with Gasteiger partial charge in [0.05, 0.1) is 12.7 Å². The van der Waals surface area contributed by atoms with E-state index in [0.29, 0.717) is 6.61 Å². The van der Waals surface area contributed by atoms with E-state index in [-0.39, 0.29) is 6.10 Å². The molecule has 1 rings (SSSR count). The number of hydrogen-bond donors (Lipinski definition) is 1.